The van der Waals surface area contributed by atoms with Gasteiger partial charge in [-0.2, -0.15) is 0 Å². The van der Waals surface area contributed by atoms with E-state index in [4.69, 9.17) is 14.8 Å². The molecule has 1 saturated heterocycles. The van der Waals surface area contributed by atoms with Crippen molar-refractivity contribution < 1.29 is 9.84 Å². The van der Waals surface area contributed by atoms with Gasteiger partial charge >= 0.3 is 0 Å². The number of hydrogen-bond acceptors (Lipinski definition) is 6. The summed E-state index contributed by atoms with van der Waals surface area (Å²) in [6, 6.07) is 4.96. The second-order valence-corrected chi connectivity index (χ2v) is 10.4. The highest BCUT2D eigenvalue weighted by Gasteiger charge is 2.49. The summed E-state index contributed by atoms with van der Waals surface area (Å²) >= 11 is 0. The third-order valence-corrected chi connectivity index (χ3v) is 7.90. The Labute approximate surface area is 188 Å². The molecule has 3 fully saturated rings. The molecule has 31 heavy (non-hydrogen) atoms. The third kappa shape index (κ3) is 5.01. The molecule has 4 rings (SSSR count). The molecule has 1 aromatic heterocycles. The Bertz CT molecular complexity index is 734. The summed E-state index contributed by atoms with van der Waals surface area (Å²) < 4.78 is 5.88. The lowest BCUT2D eigenvalue weighted by atomic mass is 9.67. The van der Waals surface area contributed by atoms with E-state index in [0.29, 0.717) is 23.9 Å². The molecule has 2 aliphatic carbocycles. The van der Waals surface area contributed by atoms with Gasteiger partial charge in [0.25, 0.3) is 0 Å². The number of ether oxygens (including phenoxy) is 1. The van der Waals surface area contributed by atoms with Crippen LogP contribution in [0.2, 0.25) is 0 Å². The van der Waals surface area contributed by atoms with Crippen molar-refractivity contribution in [1.82, 2.24) is 10.3 Å². The highest BCUT2D eigenvalue weighted by molar-refractivity contribution is 5.54. The summed E-state index contributed by atoms with van der Waals surface area (Å²) in [5, 5.41) is 16.6. The van der Waals surface area contributed by atoms with Crippen molar-refractivity contribution in [2.24, 2.45) is 17.3 Å². The largest absolute Gasteiger partial charge is 0.395 e. The Morgan fingerprint density at radius 2 is 2.00 bits per heavy atom. The highest BCUT2D eigenvalue weighted by atomic mass is 16.5. The van der Waals surface area contributed by atoms with E-state index in [1.807, 2.05) is 0 Å². The van der Waals surface area contributed by atoms with Crippen LogP contribution in [0, 0.1) is 24.2 Å². The van der Waals surface area contributed by atoms with Gasteiger partial charge in [-0.3, -0.25) is 0 Å². The number of fused-ring (bicyclic) bond motifs is 2. The van der Waals surface area contributed by atoms with Crippen LogP contribution in [0.1, 0.15) is 58.6 Å². The number of pyridine rings is 1. The minimum atomic E-state index is 0.228. The zero-order valence-corrected chi connectivity index (χ0v) is 19.9. The van der Waals surface area contributed by atoms with E-state index in [1.165, 1.54) is 37.8 Å². The third-order valence-electron chi connectivity index (χ3n) is 7.90. The van der Waals surface area contributed by atoms with Crippen LogP contribution in [0.4, 0.5) is 11.5 Å². The molecule has 6 nitrogen and oxygen atoms in total. The monoisotopic (exact) mass is 430 g/mol. The van der Waals surface area contributed by atoms with E-state index in [0.717, 1.165) is 37.1 Å². The first kappa shape index (κ1) is 22.8. The SMILES string of the molecule is CCC1CC2(CNCCO)CCC(C2)C1Nc1ccc(N2CC(C)OC(C)C2)nc1C. The van der Waals surface area contributed by atoms with Gasteiger partial charge in [0.05, 0.1) is 30.2 Å². The summed E-state index contributed by atoms with van der Waals surface area (Å²) in [5.74, 6) is 2.49. The van der Waals surface area contributed by atoms with Gasteiger partial charge in [-0.15, -0.1) is 0 Å². The molecule has 6 atom stereocenters. The number of anilines is 2. The van der Waals surface area contributed by atoms with E-state index in [1.54, 1.807) is 0 Å². The molecule has 2 heterocycles. The first-order valence-corrected chi connectivity index (χ1v) is 12.4. The van der Waals surface area contributed by atoms with Crippen LogP contribution in [-0.4, -0.2) is 61.1 Å². The average molecular weight is 431 g/mol. The normalized spacial score (nSPS) is 35.4. The number of nitrogens with zero attached hydrogens (tertiary/aromatic N) is 2. The predicted octanol–water partition coefficient (Wildman–Crippen LogP) is 3.58. The van der Waals surface area contributed by atoms with Gasteiger partial charge in [-0.05, 0) is 75.8 Å². The molecule has 174 valence electrons. The van der Waals surface area contributed by atoms with Crippen LogP contribution in [-0.2, 0) is 4.74 Å². The fourth-order valence-corrected chi connectivity index (χ4v) is 6.53. The molecule has 1 aliphatic heterocycles. The summed E-state index contributed by atoms with van der Waals surface area (Å²) in [7, 11) is 0. The predicted molar refractivity (Wildman–Crippen MR) is 127 cm³/mol. The van der Waals surface area contributed by atoms with Gasteiger partial charge in [0.2, 0.25) is 0 Å². The van der Waals surface area contributed by atoms with Crippen LogP contribution in [0.5, 0.6) is 0 Å². The minimum Gasteiger partial charge on any atom is -0.395 e. The standard InChI is InChI=1S/C25H42N4O2/c1-5-20-12-25(16-26-10-11-30)9-8-21(13-25)24(20)28-22-6-7-23(27-19(22)4)29-14-17(2)31-18(3)15-29/h6-7,17-18,20-21,24,26,28,30H,5,8-16H2,1-4H3. The molecule has 2 saturated carbocycles. The van der Waals surface area contributed by atoms with E-state index < -0.39 is 0 Å². The van der Waals surface area contributed by atoms with Crippen LogP contribution < -0.4 is 15.5 Å². The minimum absolute atomic E-state index is 0.228. The molecule has 3 N–H and O–H groups in total. The van der Waals surface area contributed by atoms with E-state index in [9.17, 15) is 0 Å². The van der Waals surface area contributed by atoms with Gasteiger partial charge in [0.1, 0.15) is 5.82 Å². The van der Waals surface area contributed by atoms with Crippen molar-refractivity contribution in [3.63, 3.8) is 0 Å². The Morgan fingerprint density at radius 1 is 1.23 bits per heavy atom. The lowest BCUT2D eigenvalue weighted by Crippen LogP contribution is -2.46. The Morgan fingerprint density at radius 3 is 2.68 bits per heavy atom. The van der Waals surface area contributed by atoms with Crippen LogP contribution in [0.25, 0.3) is 0 Å². The molecule has 6 unspecified atom stereocenters. The fraction of sp³-hybridized carbons (Fsp3) is 0.800. The van der Waals surface area contributed by atoms with Crippen molar-refractivity contribution in [1.29, 1.82) is 0 Å². The van der Waals surface area contributed by atoms with E-state index >= 15 is 0 Å². The zero-order chi connectivity index (χ0) is 22.0. The Hall–Kier alpha value is -1.37. The van der Waals surface area contributed by atoms with E-state index in [-0.39, 0.29) is 18.8 Å². The number of aryl methyl sites for hydroxylation is 1. The van der Waals surface area contributed by atoms with Gasteiger partial charge in [0, 0.05) is 32.2 Å². The van der Waals surface area contributed by atoms with Gasteiger partial charge in [-0.25, -0.2) is 4.98 Å². The number of hydrogen-bond donors (Lipinski definition) is 3. The fourth-order valence-electron chi connectivity index (χ4n) is 6.53. The summed E-state index contributed by atoms with van der Waals surface area (Å²) in [5.41, 5.74) is 2.72. The number of aliphatic hydroxyl groups excluding tert-OH is 1. The quantitative estimate of drug-likeness (QED) is 0.548. The molecule has 0 spiro atoms. The number of morpholine rings is 1. The highest BCUT2D eigenvalue weighted by Crippen LogP contribution is 2.54. The van der Waals surface area contributed by atoms with Crippen molar-refractivity contribution in [2.45, 2.75) is 78.0 Å². The number of rotatable bonds is 8. The molecule has 1 aromatic rings. The second kappa shape index (κ2) is 9.63. The first-order chi connectivity index (χ1) is 14.9. The topological polar surface area (TPSA) is 69.7 Å². The van der Waals surface area contributed by atoms with Crippen molar-refractivity contribution >= 4 is 11.5 Å². The molecule has 2 bridgehead atoms. The molecule has 6 heteroatoms. The molecule has 0 amide bonds. The lowest BCUT2D eigenvalue weighted by molar-refractivity contribution is -0.00546. The zero-order valence-electron chi connectivity index (χ0n) is 19.9. The molecular formula is C25H42N4O2. The maximum absolute atomic E-state index is 9.13. The van der Waals surface area contributed by atoms with Crippen molar-refractivity contribution in [3.05, 3.63) is 17.8 Å². The van der Waals surface area contributed by atoms with Crippen molar-refractivity contribution in [3.8, 4) is 0 Å². The lowest BCUT2D eigenvalue weighted by Gasteiger charge is -2.44. The summed E-state index contributed by atoms with van der Waals surface area (Å²) in [6.45, 7) is 12.6. The van der Waals surface area contributed by atoms with Crippen LogP contribution in [0.15, 0.2) is 12.1 Å². The maximum atomic E-state index is 9.13. The summed E-state index contributed by atoms with van der Waals surface area (Å²) in [4.78, 5) is 7.34. The van der Waals surface area contributed by atoms with Crippen LogP contribution in [0.3, 0.4) is 0 Å². The molecule has 0 radical (unpaired) electrons. The van der Waals surface area contributed by atoms with Gasteiger partial charge in [-0.1, -0.05) is 13.3 Å². The summed E-state index contributed by atoms with van der Waals surface area (Å²) in [6.07, 6.45) is 6.90. The molecular weight excluding hydrogens is 388 g/mol. The number of nitrogens with one attached hydrogen (secondary N) is 2. The van der Waals surface area contributed by atoms with E-state index in [2.05, 4.69) is 55.4 Å². The van der Waals surface area contributed by atoms with Gasteiger partial charge in [0.15, 0.2) is 0 Å². The Balaban J connectivity index is 1.44. The first-order valence-electron chi connectivity index (χ1n) is 12.4. The number of aromatic nitrogens is 1. The van der Waals surface area contributed by atoms with Crippen LogP contribution >= 0.6 is 0 Å². The average Bonchev–Trinajstić information content (AvgIpc) is 3.09. The van der Waals surface area contributed by atoms with Crippen molar-refractivity contribution in [2.75, 3.05) is 43.0 Å². The molecule has 3 aliphatic rings. The smallest absolute Gasteiger partial charge is 0.129 e. The second-order valence-electron chi connectivity index (χ2n) is 10.4. The Kier molecular flexibility index (Phi) is 7.09. The molecule has 0 aromatic carbocycles. The van der Waals surface area contributed by atoms with Gasteiger partial charge < -0.3 is 25.4 Å². The maximum Gasteiger partial charge on any atom is 0.129 e. The number of aliphatic hydroxyl groups is 1.